The fraction of sp³-hybridized carbons (Fsp3) is 0.0909. The molecule has 0 saturated heterocycles. The first-order valence-corrected chi connectivity index (χ1v) is 6.13. The minimum absolute atomic E-state index is 0.130. The van der Waals surface area contributed by atoms with Gasteiger partial charge in [-0.15, -0.1) is 0 Å². The second-order valence-electron chi connectivity index (χ2n) is 3.62. The maximum absolute atomic E-state index is 5.58. The van der Waals surface area contributed by atoms with Crippen LogP contribution in [0, 0.1) is 0 Å². The number of hydrazine groups is 1. The smallest absolute Gasteiger partial charge is 0.223 e. The predicted molar refractivity (Wildman–Crippen MR) is 78.2 cm³/mol. The molecule has 1 heterocycles. The monoisotopic (exact) mass is 324 g/mol. The van der Waals surface area contributed by atoms with Gasteiger partial charge >= 0.3 is 0 Å². The molecule has 2 aromatic rings. The number of methoxy groups -OCH3 is 1. The molecular weight excluding hydrogens is 312 g/mol. The molecule has 6 N–H and O–H groups in total. The van der Waals surface area contributed by atoms with Crippen LogP contribution >= 0.6 is 15.9 Å². The highest BCUT2D eigenvalue weighted by Crippen LogP contribution is 2.29. The first kappa shape index (κ1) is 13.4. The highest BCUT2D eigenvalue weighted by molar-refractivity contribution is 9.10. The number of nitrogens with two attached hydrogens (primary N) is 2. The summed E-state index contributed by atoms with van der Waals surface area (Å²) >= 11 is 3.41. The van der Waals surface area contributed by atoms with E-state index in [2.05, 4.69) is 36.6 Å². The first-order valence-electron chi connectivity index (χ1n) is 5.34. The molecule has 0 bridgehead atoms. The second-order valence-corrected chi connectivity index (χ2v) is 4.47. The topological polar surface area (TPSA) is 111 Å². The molecule has 0 spiro atoms. The lowest BCUT2D eigenvalue weighted by atomic mass is 10.3. The summed E-state index contributed by atoms with van der Waals surface area (Å²) in [7, 11) is 1.61. The SMILES string of the molecule is COc1ccc(Nc2cc(NN)nc(N)n2)cc1Br. The number of hydrogen-bond donors (Lipinski definition) is 4. The summed E-state index contributed by atoms with van der Waals surface area (Å²) in [6, 6.07) is 7.21. The number of rotatable bonds is 4. The third-order valence-corrected chi connectivity index (χ3v) is 2.94. The normalized spacial score (nSPS) is 10.1. The van der Waals surface area contributed by atoms with Crippen LogP contribution in [0.1, 0.15) is 0 Å². The molecule has 0 atom stereocenters. The molecule has 100 valence electrons. The number of ether oxygens (including phenoxy) is 1. The number of nitrogens with one attached hydrogen (secondary N) is 2. The predicted octanol–water partition coefficient (Wildman–Crippen LogP) is 1.86. The van der Waals surface area contributed by atoms with Crippen LogP contribution in [0.2, 0.25) is 0 Å². The average molecular weight is 325 g/mol. The van der Waals surface area contributed by atoms with Crippen LogP contribution < -0.4 is 27.1 Å². The van der Waals surface area contributed by atoms with Crippen LogP contribution in [0.3, 0.4) is 0 Å². The zero-order valence-corrected chi connectivity index (χ0v) is 11.7. The van der Waals surface area contributed by atoms with Crippen molar-refractivity contribution in [2.24, 2.45) is 5.84 Å². The summed E-state index contributed by atoms with van der Waals surface area (Å²) in [6.45, 7) is 0. The van der Waals surface area contributed by atoms with Gasteiger partial charge in [0.1, 0.15) is 17.4 Å². The van der Waals surface area contributed by atoms with Gasteiger partial charge < -0.3 is 21.2 Å². The molecule has 1 aromatic carbocycles. The molecule has 0 amide bonds. The van der Waals surface area contributed by atoms with Crippen molar-refractivity contribution in [1.82, 2.24) is 9.97 Å². The van der Waals surface area contributed by atoms with E-state index >= 15 is 0 Å². The van der Waals surface area contributed by atoms with E-state index in [0.717, 1.165) is 15.9 Å². The Kier molecular flexibility index (Phi) is 4.03. The number of benzene rings is 1. The van der Waals surface area contributed by atoms with E-state index in [9.17, 15) is 0 Å². The Morgan fingerprint density at radius 2 is 1.95 bits per heavy atom. The van der Waals surface area contributed by atoms with Crippen LogP contribution in [-0.2, 0) is 0 Å². The lowest BCUT2D eigenvalue weighted by Gasteiger charge is -2.10. The zero-order chi connectivity index (χ0) is 13.8. The van der Waals surface area contributed by atoms with Gasteiger partial charge in [-0.3, -0.25) is 0 Å². The van der Waals surface area contributed by atoms with Gasteiger partial charge in [-0.2, -0.15) is 9.97 Å². The highest BCUT2D eigenvalue weighted by atomic mass is 79.9. The largest absolute Gasteiger partial charge is 0.496 e. The lowest BCUT2D eigenvalue weighted by Crippen LogP contribution is -2.11. The molecule has 0 radical (unpaired) electrons. The Hall–Kier alpha value is -2.06. The quantitative estimate of drug-likeness (QED) is 0.501. The van der Waals surface area contributed by atoms with Gasteiger partial charge in [0.2, 0.25) is 5.95 Å². The van der Waals surface area contributed by atoms with E-state index in [-0.39, 0.29) is 5.95 Å². The molecule has 0 aliphatic rings. The summed E-state index contributed by atoms with van der Waals surface area (Å²) in [5.41, 5.74) is 8.83. The highest BCUT2D eigenvalue weighted by Gasteiger charge is 2.04. The summed E-state index contributed by atoms with van der Waals surface area (Å²) in [5, 5.41) is 3.10. The number of aromatic nitrogens is 2. The Morgan fingerprint density at radius 3 is 2.58 bits per heavy atom. The van der Waals surface area contributed by atoms with Crippen molar-refractivity contribution < 1.29 is 4.74 Å². The third kappa shape index (κ3) is 3.24. The van der Waals surface area contributed by atoms with Crippen molar-refractivity contribution in [1.29, 1.82) is 0 Å². The molecular formula is C11H13BrN6O. The van der Waals surface area contributed by atoms with Gasteiger partial charge in [0.25, 0.3) is 0 Å². The molecule has 0 unspecified atom stereocenters. The molecule has 0 aliphatic heterocycles. The van der Waals surface area contributed by atoms with Crippen LogP contribution in [0.4, 0.5) is 23.3 Å². The Balaban J connectivity index is 2.25. The van der Waals surface area contributed by atoms with Crippen LogP contribution in [0.15, 0.2) is 28.7 Å². The van der Waals surface area contributed by atoms with Crippen molar-refractivity contribution in [2.75, 3.05) is 23.6 Å². The molecule has 8 heteroatoms. The molecule has 0 saturated carbocycles. The number of halogens is 1. The van der Waals surface area contributed by atoms with E-state index in [1.807, 2.05) is 18.2 Å². The zero-order valence-electron chi connectivity index (χ0n) is 10.1. The molecule has 7 nitrogen and oxygen atoms in total. The van der Waals surface area contributed by atoms with Gasteiger partial charge in [0.15, 0.2) is 0 Å². The minimum Gasteiger partial charge on any atom is -0.496 e. The Morgan fingerprint density at radius 1 is 1.21 bits per heavy atom. The molecule has 0 fully saturated rings. The number of nitrogen functional groups attached to an aromatic ring is 2. The Bertz CT molecular complexity index is 591. The minimum atomic E-state index is 0.130. The van der Waals surface area contributed by atoms with Gasteiger partial charge in [0, 0.05) is 11.8 Å². The average Bonchev–Trinajstić information content (AvgIpc) is 2.38. The van der Waals surface area contributed by atoms with E-state index < -0.39 is 0 Å². The summed E-state index contributed by atoms with van der Waals surface area (Å²) in [5.74, 6) is 7.15. The second kappa shape index (κ2) is 5.72. The van der Waals surface area contributed by atoms with E-state index in [0.29, 0.717) is 11.6 Å². The van der Waals surface area contributed by atoms with Gasteiger partial charge in [0.05, 0.1) is 11.6 Å². The molecule has 2 rings (SSSR count). The molecule has 19 heavy (non-hydrogen) atoms. The van der Waals surface area contributed by atoms with Gasteiger partial charge in [-0.05, 0) is 34.1 Å². The van der Waals surface area contributed by atoms with Gasteiger partial charge in [-0.25, -0.2) is 5.84 Å². The van der Waals surface area contributed by atoms with Crippen LogP contribution in [0.5, 0.6) is 5.75 Å². The summed E-state index contributed by atoms with van der Waals surface area (Å²) < 4.78 is 5.99. The molecule has 0 aliphatic carbocycles. The van der Waals surface area contributed by atoms with Crippen molar-refractivity contribution in [3.63, 3.8) is 0 Å². The maximum atomic E-state index is 5.58. The standard InChI is InChI=1S/C11H13BrN6O/c1-19-8-3-2-6(4-7(8)12)15-9-5-10(18-14)17-11(13)16-9/h2-5H,14H2,1H3,(H4,13,15,16,17,18). The third-order valence-electron chi connectivity index (χ3n) is 2.32. The van der Waals surface area contributed by atoms with Crippen molar-refractivity contribution in [3.8, 4) is 5.75 Å². The van der Waals surface area contributed by atoms with Gasteiger partial charge in [-0.1, -0.05) is 0 Å². The van der Waals surface area contributed by atoms with Crippen molar-refractivity contribution in [2.45, 2.75) is 0 Å². The number of nitrogens with zero attached hydrogens (tertiary/aromatic N) is 2. The van der Waals surface area contributed by atoms with Crippen LogP contribution in [-0.4, -0.2) is 17.1 Å². The van der Waals surface area contributed by atoms with E-state index in [4.69, 9.17) is 16.3 Å². The van der Waals surface area contributed by atoms with Crippen LogP contribution in [0.25, 0.3) is 0 Å². The Labute approximate surface area is 118 Å². The lowest BCUT2D eigenvalue weighted by molar-refractivity contribution is 0.412. The molecule has 1 aromatic heterocycles. The maximum Gasteiger partial charge on any atom is 0.223 e. The van der Waals surface area contributed by atoms with Crippen molar-refractivity contribution >= 4 is 39.2 Å². The fourth-order valence-electron chi connectivity index (χ4n) is 1.50. The van der Waals surface area contributed by atoms with Crippen molar-refractivity contribution in [3.05, 3.63) is 28.7 Å². The summed E-state index contributed by atoms with van der Waals surface area (Å²) in [6.07, 6.45) is 0. The fourth-order valence-corrected chi connectivity index (χ4v) is 2.04. The number of hydrogen-bond acceptors (Lipinski definition) is 7. The van der Waals surface area contributed by atoms with E-state index in [1.165, 1.54) is 0 Å². The summed E-state index contributed by atoms with van der Waals surface area (Å²) in [4.78, 5) is 7.96. The first-order chi connectivity index (χ1) is 9.12. The van der Waals surface area contributed by atoms with E-state index in [1.54, 1.807) is 13.2 Å². The number of anilines is 4.